The first-order valence-electron chi connectivity index (χ1n) is 9.25. The van der Waals surface area contributed by atoms with Crippen molar-refractivity contribution in [1.29, 1.82) is 0 Å². The molecule has 0 atom stereocenters. The largest absolute Gasteiger partial charge is 0.328 e. The van der Waals surface area contributed by atoms with Gasteiger partial charge in [0.15, 0.2) is 9.84 Å². The molecule has 26 heavy (non-hydrogen) atoms. The molecule has 0 unspecified atom stereocenters. The highest BCUT2D eigenvalue weighted by molar-refractivity contribution is 7.91. The molecule has 1 aromatic heterocycles. The number of aromatic nitrogens is 2. The number of para-hydroxylation sites is 1. The molecule has 0 amide bonds. The molecule has 0 bridgehead atoms. The van der Waals surface area contributed by atoms with Gasteiger partial charge >= 0.3 is 0 Å². The summed E-state index contributed by atoms with van der Waals surface area (Å²) in [5, 5.41) is -0.370. The van der Waals surface area contributed by atoms with E-state index < -0.39 is 9.84 Å². The molecule has 0 radical (unpaired) electrons. The Kier molecular flexibility index (Phi) is 6.13. The average Bonchev–Trinajstić information content (AvgIpc) is 3.22. The highest BCUT2D eigenvalue weighted by Gasteiger charge is 2.27. The Hall–Kier alpha value is -1.07. The maximum atomic E-state index is 12.4. The van der Waals surface area contributed by atoms with Gasteiger partial charge in [-0.05, 0) is 49.7 Å². The molecule has 1 aliphatic carbocycles. The van der Waals surface area contributed by atoms with Crippen molar-refractivity contribution >= 4 is 33.3 Å². The third-order valence-corrected chi connectivity index (χ3v) is 6.99. The molecule has 146 valence electrons. The van der Waals surface area contributed by atoms with Crippen molar-refractivity contribution in [3.05, 3.63) is 29.6 Å². The molecule has 0 saturated heterocycles. The molecule has 3 rings (SSSR count). The summed E-state index contributed by atoms with van der Waals surface area (Å²) in [7, 11) is -3.14. The Bertz CT molecular complexity index is 875. The van der Waals surface area contributed by atoms with Crippen molar-refractivity contribution in [2.45, 2.75) is 71.4 Å². The Labute approximate surface area is 163 Å². The smallest absolute Gasteiger partial charge is 0.156 e. The zero-order valence-electron chi connectivity index (χ0n) is 16.4. The van der Waals surface area contributed by atoms with Gasteiger partial charge < -0.3 is 4.57 Å². The minimum atomic E-state index is -3.14. The van der Waals surface area contributed by atoms with Crippen LogP contribution in [0.1, 0.15) is 58.8 Å². The van der Waals surface area contributed by atoms with Gasteiger partial charge in [0, 0.05) is 13.0 Å². The highest BCUT2D eigenvalue weighted by atomic mass is 35.5. The van der Waals surface area contributed by atoms with Crippen LogP contribution in [0.4, 0.5) is 0 Å². The number of hydrogen-bond acceptors (Lipinski definition) is 3. The zero-order valence-corrected chi connectivity index (χ0v) is 18.1. The summed E-state index contributed by atoms with van der Waals surface area (Å²) < 4.78 is 27.2. The molecule has 1 heterocycles. The van der Waals surface area contributed by atoms with Gasteiger partial charge in [0.2, 0.25) is 0 Å². The van der Waals surface area contributed by atoms with E-state index in [1.165, 1.54) is 12.8 Å². The molecular weight excluding hydrogens is 368 g/mol. The number of rotatable bonds is 6. The fourth-order valence-corrected chi connectivity index (χ4v) is 4.12. The molecule has 6 heteroatoms. The highest BCUT2D eigenvalue weighted by Crippen LogP contribution is 2.34. The number of halogens is 1. The van der Waals surface area contributed by atoms with E-state index in [0.29, 0.717) is 0 Å². The molecule has 0 aliphatic heterocycles. The lowest BCUT2D eigenvalue weighted by Gasteiger charge is -2.18. The number of fused-ring (bicyclic) bond motifs is 1. The number of nitrogens with zero attached hydrogens (tertiary/aromatic N) is 2. The maximum Gasteiger partial charge on any atom is 0.156 e. The Morgan fingerprint density at radius 2 is 1.88 bits per heavy atom. The Morgan fingerprint density at radius 3 is 2.42 bits per heavy atom. The van der Waals surface area contributed by atoms with E-state index in [9.17, 15) is 8.42 Å². The number of imidazole rings is 1. The predicted molar refractivity (Wildman–Crippen MR) is 111 cm³/mol. The van der Waals surface area contributed by atoms with Crippen LogP contribution < -0.4 is 0 Å². The molecule has 4 nitrogen and oxygen atoms in total. The quantitative estimate of drug-likeness (QED) is 0.703. The normalized spacial score (nSPS) is 15.5. The van der Waals surface area contributed by atoms with E-state index in [0.717, 1.165) is 41.3 Å². The average molecular weight is 399 g/mol. The molecule has 0 spiro atoms. The standard InChI is InChI=1S/C20H30N2O2S.ClH/c1-14(2)25(23,24)13-16-7-6-8-17-19(16)21-18(11-20(3,4)5)22(17)12-15-9-10-15;/h6-8,14-15H,9-13H2,1-5H3;1H. The van der Waals surface area contributed by atoms with Gasteiger partial charge in [-0.25, -0.2) is 13.4 Å². The molecule has 2 aromatic rings. The van der Waals surface area contributed by atoms with Crippen molar-refractivity contribution in [1.82, 2.24) is 9.55 Å². The molecule has 1 aliphatic rings. The molecule has 1 aromatic carbocycles. The van der Waals surface area contributed by atoms with Gasteiger partial charge in [0.1, 0.15) is 5.82 Å². The van der Waals surface area contributed by atoms with E-state index in [1.54, 1.807) is 13.8 Å². The van der Waals surface area contributed by atoms with Crippen molar-refractivity contribution in [3.63, 3.8) is 0 Å². The van der Waals surface area contributed by atoms with E-state index in [1.807, 2.05) is 12.1 Å². The van der Waals surface area contributed by atoms with E-state index >= 15 is 0 Å². The van der Waals surface area contributed by atoms with Crippen molar-refractivity contribution in [2.24, 2.45) is 11.3 Å². The van der Waals surface area contributed by atoms with Crippen molar-refractivity contribution in [2.75, 3.05) is 0 Å². The minimum Gasteiger partial charge on any atom is -0.328 e. The Balaban J connectivity index is 0.00000243. The van der Waals surface area contributed by atoms with E-state index in [2.05, 4.69) is 31.4 Å². The van der Waals surface area contributed by atoms with Crippen LogP contribution in [-0.2, 0) is 28.6 Å². The number of sulfone groups is 1. The van der Waals surface area contributed by atoms with Gasteiger partial charge in [-0.15, -0.1) is 12.4 Å². The first-order chi connectivity index (χ1) is 11.6. The summed E-state index contributed by atoms with van der Waals surface area (Å²) in [6, 6.07) is 5.97. The summed E-state index contributed by atoms with van der Waals surface area (Å²) in [6.45, 7) is 11.1. The summed E-state index contributed by atoms with van der Waals surface area (Å²) in [5.41, 5.74) is 2.93. The fraction of sp³-hybridized carbons (Fsp3) is 0.650. The van der Waals surface area contributed by atoms with Crippen LogP contribution in [0, 0.1) is 11.3 Å². The van der Waals surface area contributed by atoms with Gasteiger partial charge in [-0.2, -0.15) is 0 Å². The first-order valence-corrected chi connectivity index (χ1v) is 11.0. The van der Waals surface area contributed by atoms with Crippen molar-refractivity contribution in [3.8, 4) is 0 Å². The molecule has 1 fully saturated rings. The van der Waals surface area contributed by atoms with Crippen LogP contribution in [0.3, 0.4) is 0 Å². The molecular formula is C20H31ClN2O2S. The SMILES string of the molecule is CC(C)S(=O)(=O)Cc1cccc2c1nc(CC(C)(C)C)n2CC1CC1.Cl. The van der Waals surface area contributed by atoms with Gasteiger partial charge in [-0.3, -0.25) is 0 Å². The van der Waals surface area contributed by atoms with Crippen LogP contribution in [0.25, 0.3) is 11.0 Å². The number of benzene rings is 1. The molecule has 1 saturated carbocycles. The lowest BCUT2D eigenvalue weighted by atomic mass is 9.92. The van der Waals surface area contributed by atoms with Gasteiger partial charge in [0.25, 0.3) is 0 Å². The molecule has 0 N–H and O–H groups in total. The second-order valence-corrected chi connectivity index (χ2v) is 11.5. The maximum absolute atomic E-state index is 12.4. The predicted octanol–water partition coefficient (Wildman–Crippen LogP) is 4.78. The zero-order chi connectivity index (χ0) is 18.4. The van der Waals surface area contributed by atoms with E-state index in [-0.39, 0.29) is 28.8 Å². The topological polar surface area (TPSA) is 52.0 Å². The lowest BCUT2D eigenvalue weighted by molar-refractivity contribution is 0.391. The van der Waals surface area contributed by atoms with Gasteiger partial charge in [-0.1, -0.05) is 32.9 Å². The minimum absolute atomic E-state index is 0. The third-order valence-electron chi connectivity index (χ3n) is 4.84. The van der Waals surface area contributed by atoms with Crippen LogP contribution in [0.15, 0.2) is 18.2 Å². The van der Waals surface area contributed by atoms with E-state index in [4.69, 9.17) is 4.98 Å². The summed E-state index contributed by atoms with van der Waals surface area (Å²) in [4.78, 5) is 4.92. The number of hydrogen-bond donors (Lipinski definition) is 0. The third kappa shape index (κ3) is 4.80. The monoisotopic (exact) mass is 398 g/mol. The van der Waals surface area contributed by atoms with Crippen LogP contribution in [-0.4, -0.2) is 23.2 Å². The van der Waals surface area contributed by atoms with Crippen LogP contribution in [0.5, 0.6) is 0 Å². The fourth-order valence-electron chi connectivity index (χ4n) is 3.12. The second kappa shape index (κ2) is 7.51. The summed E-state index contributed by atoms with van der Waals surface area (Å²) in [6.07, 6.45) is 3.47. The van der Waals surface area contributed by atoms with Crippen LogP contribution >= 0.6 is 12.4 Å². The van der Waals surface area contributed by atoms with Gasteiger partial charge in [0.05, 0.1) is 22.0 Å². The Morgan fingerprint density at radius 1 is 1.23 bits per heavy atom. The van der Waals surface area contributed by atoms with Crippen LogP contribution in [0.2, 0.25) is 0 Å². The lowest BCUT2D eigenvalue weighted by Crippen LogP contribution is -2.16. The first kappa shape index (κ1) is 21.2. The summed E-state index contributed by atoms with van der Waals surface area (Å²) in [5.74, 6) is 1.90. The summed E-state index contributed by atoms with van der Waals surface area (Å²) >= 11 is 0. The van der Waals surface area contributed by atoms with Crippen molar-refractivity contribution < 1.29 is 8.42 Å². The second-order valence-electron chi connectivity index (χ2n) is 8.96.